The molecule has 0 saturated heterocycles. The first-order valence-electron chi connectivity index (χ1n) is 9.24. The SMILES string of the molecule is C=CCN[C@@H]1CCc2c(sc3ncn(CCc4ccccc4Cl)c(=O)c23)C1. The average molecular weight is 400 g/mol. The number of hydrogen-bond acceptors (Lipinski definition) is 4. The fourth-order valence-corrected chi connectivity index (χ4v) is 5.21. The van der Waals surface area contributed by atoms with Crippen molar-refractivity contribution < 1.29 is 0 Å². The van der Waals surface area contributed by atoms with Crippen molar-refractivity contribution in [2.45, 2.75) is 38.3 Å². The van der Waals surface area contributed by atoms with Gasteiger partial charge in [-0.15, -0.1) is 17.9 Å². The van der Waals surface area contributed by atoms with Crippen molar-refractivity contribution in [1.82, 2.24) is 14.9 Å². The van der Waals surface area contributed by atoms with E-state index < -0.39 is 0 Å². The van der Waals surface area contributed by atoms with Crippen molar-refractivity contribution in [3.63, 3.8) is 0 Å². The molecular formula is C21H22ClN3OS. The molecule has 0 bridgehead atoms. The molecule has 140 valence electrons. The zero-order valence-electron chi connectivity index (χ0n) is 15.1. The Kier molecular flexibility index (Phi) is 5.43. The van der Waals surface area contributed by atoms with Gasteiger partial charge in [-0.05, 0) is 42.9 Å². The Morgan fingerprint density at radius 1 is 1.41 bits per heavy atom. The van der Waals surface area contributed by atoms with Crippen molar-refractivity contribution in [2.75, 3.05) is 6.54 Å². The number of benzene rings is 1. The van der Waals surface area contributed by atoms with E-state index in [9.17, 15) is 4.79 Å². The number of fused-ring (bicyclic) bond motifs is 3. The molecule has 6 heteroatoms. The van der Waals surface area contributed by atoms with E-state index in [0.29, 0.717) is 19.0 Å². The van der Waals surface area contributed by atoms with Crippen LogP contribution in [0.3, 0.4) is 0 Å². The molecule has 1 aliphatic rings. The van der Waals surface area contributed by atoms with Gasteiger partial charge in [-0.2, -0.15) is 0 Å². The normalized spacial score (nSPS) is 16.4. The second-order valence-electron chi connectivity index (χ2n) is 6.91. The second-order valence-corrected chi connectivity index (χ2v) is 8.40. The molecule has 1 aliphatic carbocycles. The van der Waals surface area contributed by atoms with Crippen LogP contribution >= 0.6 is 22.9 Å². The van der Waals surface area contributed by atoms with Crippen molar-refractivity contribution in [3.05, 3.63) is 74.6 Å². The number of rotatable bonds is 6. The van der Waals surface area contributed by atoms with E-state index in [0.717, 1.165) is 46.6 Å². The van der Waals surface area contributed by atoms with Crippen LogP contribution in [0.2, 0.25) is 5.02 Å². The smallest absolute Gasteiger partial charge is 0.262 e. The molecule has 0 spiro atoms. The molecule has 0 radical (unpaired) electrons. The van der Waals surface area contributed by atoms with E-state index in [-0.39, 0.29) is 5.56 Å². The van der Waals surface area contributed by atoms with Crippen LogP contribution in [0.4, 0.5) is 0 Å². The Balaban J connectivity index is 1.60. The van der Waals surface area contributed by atoms with Gasteiger partial charge in [0, 0.05) is 29.0 Å². The van der Waals surface area contributed by atoms with Crippen LogP contribution in [0.5, 0.6) is 0 Å². The monoisotopic (exact) mass is 399 g/mol. The lowest BCUT2D eigenvalue weighted by Gasteiger charge is -2.22. The van der Waals surface area contributed by atoms with Crippen LogP contribution in [0.15, 0.2) is 48.0 Å². The molecule has 0 saturated carbocycles. The minimum atomic E-state index is 0.0713. The van der Waals surface area contributed by atoms with E-state index in [4.69, 9.17) is 11.6 Å². The molecule has 2 heterocycles. The predicted molar refractivity (Wildman–Crippen MR) is 113 cm³/mol. The highest BCUT2D eigenvalue weighted by Gasteiger charge is 2.24. The third kappa shape index (κ3) is 3.72. The molecular weight excluding hydrogens is 378 g/mol. The first-order chi connectivity index (χ1) is 13.2. The summed E-state index contributed by atoms with van der Waals surface area (Å²) in [7, 11) is 0. The standard InChI is InChI=1S/C21H22ClN3OS/c1-2-10-23-15-7-8-16-18(12-15)27-20-19(16)21(26)25(13-24-20)11-9-14-5-3-4-6-17(14)22/h2-6,13,15,23H,1,7-12H2/t15-/m1/s1. The second kappa shape index (κ2) is 7.97. The Morgan fingerprint density at radius 3 is 3.07 bits per heavy atom. The maximum atomic E-state index is 13.1. The van der Waals surface area contributed by atoms with Gasteiger partial charge in [-0.3, -0.25) is 9.36 Å². The van der Waals surface area contributed by atoms with Crippen LogP contribution in [0, 0.1) is 0 Å². The molecule has 1 aromatic carbocycles. The number of hydrogen-bond donors (Lipinski definition) is 1. The van der Waals surface area contributed by atoms with Crippen LogP contribution in [0.1, 0.15) is 22.4 Å². The first kappa shape index (κ1) is 18.4. The van der Waals surface area contributed by atoms with Crippen LogP contribution in [0.25, 0.3) is 10.2 Å². The highest BCUT2D eigenvalue weighted by Crippen LogP contribution is 2.33. The zero-order valence-corrected chi connectivity index (χ0v) is 16.7. The first-order valence-corrected chi connectivity index (χ1v) is 10.4. The van der Waals surface area contributed by atoms with Crippen molar-refractivity contribution in [3.8, 4) is 0 Å². The Bertz CT molecular complexity index is 1040. The summed E-state index contributed by atoms with van der Waals surface area (Å²) in [5.41, 5.74) is 2.33. The van der Waals surface area contributed by atoms with E-state index >= 15 is 0 Å². The largest absolute Gasteiger partial charge is 0.310 e. The van der Waals surface area contributed by atoms with Gasteiger partial charge in [0.25, 0.3) is 5.56 Å². The number of nitrogens with zero attached hydrogens (tertiary/aromatic N) is 2. The summed E-state index contributed by atoms with van der Waals surface area (Å²) in [5.74, 6) is 0. The van der Waals surface area contributed by atoms with Crippen molar-refractivity contribution in [1.29, 1.82) is 0 Å². The lowest BCUT2D eigenvalue weighted by molar-refractivity contribution is 0.485. The topological polar surface area (TPSA) is 46.9 Å². The fourth-order valence-electron chi connectivity index (χ4n) is 3.73. The minimum absolute atomic E-state index is 0.0713. The molecule has 0 aliphatic heterocycles. The van der Waals surface area contributed by atoms with Crippen molar-refractivity contribution in [2.24, 2.45) is 0 Å². The molecule has 4 nitrogen and oxygen atoms in total. The molecule has 27 heavy (non-hydrogen) atoms. The van der Waals surface area contributed by atoms with Gasteiger partial charge in [0.05, 0.1) is 11.7 Å². The number of thiophene rings is 1. The highest BCUT2D eigenvalue weighted by molar-refractivity contribution is 7.18. The lowest BCUT2D eigenvalue weighted by atomic mass is 9.93. The van der Waals surface area contributed by atoms with Crippen LogP contribution < -0.4 is 10.9 Å². The summed E-state index contributed by atoms with van der Waals surface area (Å²) in [4.78, 5) is 19.8. The van der Waals surface area contributed by atoms with Gasteiger partial charge < -0.3 is 5.32 Å². The number of aromatic nitrogens is 2. The number of aryl methyl sites for hydroxylation is 3. The van der Waals surface area contributed by atoms with Crippen LogP contribution in [-0.2, 0) is 25.8 Å². The van der Waals surface area contributed by atoms with Gasteiger partial charge in [-0.25, -0.2) is 4.98 Å². The maximum Gasteiger partial charge on any atom is 0.262 e. The van der Waals surface area contributed by atoms with Gasteiger partial charge in [-0.1, -0.05) is 35.9 Å². The molecule has 4 rings (SSSR count). The van der Waals surface area contributed by atoms with E-state index in [1.54, 1.807) is 22.2 Å². The van der Waals surface area contributed by atoms with E-state index in [1.165, 1.54) is 10.4 Å². The average Bonchev–Trinajstić information content (AvgIpc) is 3.05. The summed E-state index contributed by atoms with van der Waals surface area (Å²) in [6, 6.07) is 8.22. The zero-order chi connectivity index (χ0) is 18.8. The van der Waals surface area contributed by atoms with Gasteiger partial charge in [0.1, 0.15) is 4.83 Å². The Labute approximate surface area is 167 Å². The molecule has 3 aromatic rings. The summed E-state index contributed by atoms with van der Waals surface area (Å²) < 4.78 is 1.72. The summed E-state index contributed by atoms with van der Waals surface area (Å²) in [6.07, 6.45) is 7.21. The van der Waals surface area contributed by atoms with E-state index in [2.05, 4.69) is 16.9 Å². The molecule has 1 N–H and O–H groups in total. The number of halogens is 1. The third-order valence-corrected chi connectivity index (χ3v) is 6.70. The maximum absolute atomic E-state index is 13.1. The van der Waals surface area contributed by atoms with Gasteiger partial charge in [0.15, 0.2) is 0 Å². The molecule has 0 amide bonds. The quantitative estimate of drug-likeness (QED) is 0.637. The molecule has 2 aromatic heterocycles. The van der Waals surface area contributed by atoms with Gasteiger partial charge >= 0.3 is 0 Å². The lowest BCUT2D eigenvalue weighted by Crippen LogP contribution is -2.34. The predicted octanol–water partition coefficient (Wildman–Crippen LogP) is 3.99. The molecule has 0 fully saturated rings. The van der Waals surface area contributed by atoms with Crippen molar-refractivity contribution >= 4 is 33.2 Å². The minimum Gasteiger partial charge on any atom is -0.310 e. The highest BCUT2D eigenvalue weighted by atomic mass is 35.5. The summed E-state index contributed by atoms with van der Waals surface area (Å²) in [6.45, 7) is 5.17. The molecule has 1 atom stereocenters. The van der Waals surface area contributed by atoms with Crippen LogP contribution in [-0.4, -0.2) is 22.1 Å². The van der Waals surface area contributed by atoms with E-state index in [1.807, 2.05) is 30.3 Å². The van der Waals surface area contributed by atoms with Gasteiger partial charge in [0.2, 0.25) is 0 Å². The summed E-state index contributed by atoms with van der Waals surface area (Å²) in [5, 5.41) is 5.06. The summed E-state index contributed by atoms with van der Waals surface area (Å²) >= 11 is 7.90. The Morgan fingerprint density at radius 2 is 2.26 bits per heavy atom. The molecule has 0 unspecified atom stereocenters. The number of nitrogens with one attached hydrogen (secondary N) is 1. The third-order valence-electron chi connectivity index (χ3n) is 5.17. The fraction of sp³-hybridized carbons (Fsp3) is 0.333. The Hall–Kier alpha value is -1.95.